The topological polar surface area (TPSA) is 50.8 Å². The van der Waals surface area contributed by atoms with Gasteiger partial charge in [0.1, 0.15) is 17.6 Å². The molecule has 30 heavy (non-hydrogen) atoms. The van der Waals surface area contributed by atoms with Gasteiger partial charge in [0.05, 0.1) is 6.61 Å². The average molecular weight is 409 g/mol. The maximum atomic E-state index is 12.6. The summed E-state index contributed by atoms with van der Waals surface area (Å²) >= 11 is 0. The summed E-state index contributed by atoms with van der Waals surface area (Å²) in [5.74, 6) is 2.01. The van der Waals surface area contributed by atoms with Gasteiger partial charge in [-0.15, -0.1) is 0 Å². The Hall–Kier alpha value is -2.53. The summed E-state index contributed by atoms with van der Waals surface area (Å²) in [6.45, 7) is 9.54. The molecule has 0 radical (unpaired) electrons. The zero-order chi connectivity index (χ0) is 21.1. The summed E-state index contributed by atoms with van der Waals surface area (Å²) in [5.41, 5.74) is 4.22. The number of likely N-dealkylation sites (tertiary alicyclic amines) is 1. The maximum absolute atomic E-state index is 12.6. The number of carbonyl (C=O) groups is 1. The van der Waals surface area contributed by atoms with Crippen LogP contribution in [-0.4, -0.2) is 42.6 Å². The van der Waals surface area contributed by atoms with Crippen molar-refractivity contribution in [1.82, 2.24) is 10.2 Å². The Morgan fingerprint density at radius 3 is 2.73 bits per heavy atom. The predicted octanol–water partition coefficient (Wildman–Crippen LogP) is 4.11. The van der Waals surface area contributed by atoms with E-state index in [0.717, 1.165) is 61.5 Å². The number of nitrogens with one attached hydrogen (secondary N) is 1. The fourth-order valence-electron chi connectivity index (χ4n) is 4.46. The number of amides is 1. The van der Waals surface area contributed by atoms with Gasteiger partial charge in [-0.2, -0.15) is 0 Å². The van der Waals surface area contributed by atoms with Gasteiger partial charge in [-0.3, -0.25) is 9.69 Å². The van der Waals surface area contributed by atoms with Gasteiger partial charge < -0.3 is 14.8 Å². The number of hydrogen-bond acceptors (Lipinski definition) is 4. The van der Waals surface area contributed by atoms with Crippen LogP contribution in [0.3, 0.4) is 0 Å². The van der Waals surface area contributed by atoms with E-state index in [4.69, 9.17) is 9.47 Å². The molecule has 2 aromatic rings. The highest BCUT2D eigenvalue weighted by atomic mass is 16.5. The van der Waals surface area contributed by atoms with E-state index in [1.165, 1.54) is 11.1 Å². The second-order valence-electron chi connectivity index (χ2n) is 8.47. The number of nitrogens with zero attached hydrogens (tertiary/aromatic N) is 1. The summed E-state index contributed by atoms with van der Waals surface area (Å²) in [4.78, 5) is 15.0. The van der Waals surface area contributed by atoms with Crippen LogP contribution in [0.25, 0.3) is 0 Å². The maximum Gasteiger partial charge on any atom is 0.251 e. The number of piperidine rings is 1. The molecule has 1 fully saturated rings. The van der Waals surface area contributed by atoms with E-state index in [2.05, 4.69) is 29.3 Å². The van der Waals surface area contributed by atoms with E-state index < -0.39 is 0 Å². The van der Waals surface area contributed by atoms with E-state index >= 15 is 0 Å². The van der Waals surface area contributed by atoms with Gasteiger partial charge >= 0.3 is 0 Å². The first-order chi connectivity index (χ1) is 14.5. The molecule has 2 aliphatic rings. The van der Waals surface area contributed by atoms with E-state index in [-0.39, 0.29) is 18.1 Å². The number of ether oxygens (including phenoxy) is 2. The zero-order valence-electron chi connectivity index (χ0n) is 18.2. The van der Waals surface area contributed by atoms with Crippen LogP contribution < -0.4 is 14.8 Å². The molecule has 1 saturated heterocycles. The summed E-state index contributed by atoms with van der Waals surface area (Å²) in [6, 6.07) is 12.3. The number of aryl methyl sites for hydroxylation is 1. The molecule has 2 aromatic carbocycles. The van der Waals surface area contributed by atoms with E-state index in [1.54, 1.807) is 0 Å². The van der Waals surface area contributed by atoms with Crippen LogP contribution in [-0.2, 0) is 13.0 Å². The molecule has 160 valence electrons. The molecule has 0 spiro atoms. The lowest BCUT2D eigenvalue weighted by Gasteiger charge is -2.33. The third-order valence-electron chi connectivity index (χ3n) is 6.09. The highest BCUT2D eigenvalue weighted by molar-refractivity contribution is 5.95. The van der Waals surface area contributed by atoms with Gasteiger partial charge in [-0.1, -0.05) is 18.2 Å². The summed E-state index contributed by atoms with van der Waals surface area (Å²) in [5, 5.41) is 3.22. The van der Waals surface area contributed by atoms with Crippen molar-refractivity contribution in [2.24, 2.45) is 0 Å². The van der Waals surface area contributed by atoms with Gasteiger partial charge in [0.25, 0.3) is 5.91 Å². The van der Waals surface area contributed by atoms with E-state index in [1.807, 2.05) is 38.1 Å². The molecule has 4 rings (SSSR count). The van der Waals surface area contributed by atoms with Crippen LogP contribution >= 0.6 is 0 Å². The summed E-state index contributed by atoms with van der Waals surface area (Å²) in [7, 11) is 0. The third kappa shape index (κ3) is 4.62. The lowest BCUT2D eigenvalue weighted by molar-refractivity contribution is 0.0908. The molecule has 1 N–H and O–H groups in total. The first-order valence-corrected chi connectivity index (χ1v) is 11.1. The number of rotatable bonds is 6. The summed E-state index contributed by atoms with van der Waals surface area (Å²) < 4.78 is 11.9. The normalized spacial score (nSPS) is 19.2. The van der Waals surface area contributed by atoms with Crippen LogP contribution in [0, 0.1) is 6.92 Å². The smallest absolute Gasteiger partial charge is 0.251 e. The SMILES string of the molecule is CCOc1cc2c(cc1CN1CCC(NC(=O)c3ccccc3C)CC1)OC(C)C2. The largest absolute Gasteiger partial charge is 0.494 e. The molecule has 0 bridgehead atoms. The Morgan fingerprint density at radius 1 is 1.23 bits per heavy atom. The molecule has 0 saturated carbocycles. The quantitative estimate of drug-likeness (QED) is 0.782. The van der Waals surface area contributed by atoms with Crippen molar-refractivity contribution in [3.8, 4) is 11.5 Å². The average Bonchev–Trinajstić information content (AvgIpc) is 3.09. The van der Waals surface area contributed by atoms with Crippen molar-refractivity contribution in [1.29, 1.82) is 0 Å². The van der Waals surface area contributed by atoms with E-state index in [0.29, 0.717) is 6.61 Å². The Morgan fingerprint density at radius 2 is 2.00 bits per heavy atom. The van der Waals surface area contributed by atoms with Crippen molar-refractivity contribution in [3.05, 3.63) is 58.7 Å². The van der Waals surface area contributed by atoms with Crippen molar-refractivity contribution in [3.63, 3.8) is 0 Å². The molecule has 2 aliphatic heterocycles. The molecule has 1 atom stereocenters. The lowest BCUT2D eigenvalue weighted by atomic mass is 10.0. The minimum Gasteiger partial charge on any atom is -0.494 e. The van der Waals surface area contributed by atoms with Gasteiger partial charge in [0.15, 0.2) is 0 Å². The monoisotopic (exact) mass is 408 g/mol. The zero-order valence-corrected chi connectivity index (χ0v) is 18.2. The standard InChI is InChI=1S/C25H32N2O3/c1-4-29-23-14-19-13-18(3)30-24(19)15-20(23)16-27-11-9-21(10-12-27)26-25(28)22-8-6-5-7-17(22)2/h5-8,14-15,18,21H,4,9-13,16H2,1-3H3,(H,26,28). The molecular formula is C25H32N2O3. The van der Waals surface area contributed by atoms with Crippen molar-refractivity contribution >= 4 is 5.91 Å². The lowest BCUT2D eigenvalue weighted by Crippen LogP contribution is -2.44. The molecular weight excluding hydrogens is 376 g/mol. The van der Waals surface area contributed by atoms with Crippen LogP contribution in [0.5, 0.6) is 11.5 Å². The second-order valence-corrected chi connectivity index (χ2v) is 8.47. The van der Waals surface area contributed by atoms with Crippen molar-refractivity contribution in [2.75, 3.05) is 19.7 Å². The Kier molecular flexibility index (Phi) is 6.28. The van der Waals surface area contributed by atoms with E-state index in [9.17, 15) is 4.79 Å². The second kappa shape index (κ2) is 9.09. The Bertz CT molecular complexity index is 903. The van der Waals surface area contributed by atoms with Gasteiger partial charge in [0, 0.05) is 48.8 Å². The van der Waals surface area contributed by atoms with Gasteiger partial charge in [0.2, 0.25) is 0 Å². The molecule has 1 unspecified atom stereocenters. The number of benzene rings is 2. The minimum absolute atomic E-state index is 0.0371. The first kappa shape index (κ1) is 20.7. The fourth-order valence-corrected chi connectivity index (χ4v) is 4.46. The highest BCUT2D eigenvalue weighted by Gasteiger charge is 2.25. The summed E-state index contributed by atoms with van der Waals surface area (Å²) in [6.07, 6.45) is 3.10. The number of fused-ring (bicyclic) bond motifs is 1. The molecule has 5 heteroatoms. The number of hydrogen-bond donors (Lipinski definition) is 1. The van der Waals surface area contributed by atoms with Gasteiger partial charge in [-0.05, 0) is 57.4 Å². The Balaban J connectivity index is 1.35. The van der Waals surface area contributed by atoms with Crippen LogP contribution in [0.15, 0.2) is 36.4 Å². The Labute approximate surface area is 179 Å². The third-order valence-corrected chi connectivity index (χ3v) is 6.09. The molecule has 0 aliphatic carbocycles. The highest BCUT2D eigenvalue weighted by Crippen LogP contribution is 2.36. The van der Waals surface area contributed by atoms with Crippen LogP contribution in [0.4, 0.5) is 0 Å². The van der Waals surface area contributed by atoms with Crippen LogP contribution in [0.1, 0.15) is 53.7 Å². The molecule has 2 heterocycles. The number of carbonyl (C=O) groups excluding carboxylic acids is 1. The molecule has 5 nitrogen and oxygen atoms in total. The van der Waals surface area contributed by atoms with Crippen molar-refractivity contribution in [2.45, 2.75) is 58.7 Å². The molecule has 1 amide bonds. The fraction of sp³-hybridized carbons (Fsp3) is 0.480. The van der Waals surface area contributed by atoms with Crippen LogP contribution in [0.2, 0.25) is 0 Å². The van der Waals surface area contributed by atoms with Gasteiger partial charge in [-0.25, -0.2) is 0 Å². The first-order valence-electron chi connectivity index (χ1n) is 11.1. The molecule has 0 aromatic heterocycles. The minimum atomic E-state index is 0.0371. The predicted molar refractivity (Wildman–Crippen MR) is 118 cm³/mol. The van der Waals surface area contributed by atoms with Crippen molar-refractivity contribution < 1.29 is 14.3 Å².